The largest absolute Gasteiger partial charge is 0.493 e. The molecule has 0 fully saturated rings. The SMILES string of the molecule is COc1ccc(/C=N\NC(=O)C(=O)Nc2ccccc2Cl)c(OC)c1OC. The first kappa shape index (κ1) is 20.1. The maximum absolute atomic E-state index is 11.9. The second kappa shape index (κ2) is 9.44. The number of nitrogens with one attached hydrogen (secondary N) is 2. The first-order chi connectivity index (χ1) is 13.0. The van der Waals surface area contributed by atoms with Gasteiger partial charge in [0, 0.05) is 5.56 Å². The van der Waals surface area contributed by atoms with Crippen molar-refractivity contribution in [3.63, 3.8) is 0 Å². The van der Waals surface area contributed by atoms with E-state index in [-0.39, 0.29) is 0 Å². The topological polar surface area (TPSA) is 98.2 Å². The first-order valence-corrected chi connectivity index (χ1v) is 8.07. The summed E-state index contributed by atoms with van der Waals surface area (Å²) in [5.74, 6) is -0.623. The molecule has 0 bridgehead atoms. The van der Waals surface area contributed by atoms with E-state index >= 15 is 0 Å². The standard InChI is InChI=1S/C18H18ClN3O5/c1-25-14-9-8-11(15(26-2)16(14)27-3)10-20-22-18(24)17(23)21-13-7-5-4-6-12(13)19/h4-10H,1-3H3,(H,21,23)(H,22,24)/b20-10-. The van der Waals surface area contributed by atoms with Gasteiger partial charge < -0.3 is 19.5 Å². The molecule has 0 aliphatic carbocycles. The summed E-state index contributed by atoms with van der Waals surface area (Å²) in [5.41, 5.74) is 2.98. The molecule has 0 spiro atoms. The number of methoxy groups -OCH3 is 3. The van der Waals surface area contributed by atoms with Crippen LogP contribution >= 0.6 is 11.6 Å². The summed E-state index contributed by atoms with van der Waals surface area (Å²) in [7, 11) is 4.44. The Morgan fingerprint density at radius 2 is 1.67 bits per heavy atom. The highest BCUT2D eigenvalue weighted by molar-refractivity contribution is 6.41. The third-order valence-corrected chi connectivity index (χ3v) is 3.76. The van der Waals surface area contributed by atoms with Crippen molar-refractivity contribution >= 4 is 35.3 Å². The molecule has 2 aromatic carbocycles. The molecule has 0 heterocycles. The number of ether oxygens (including phenoxy) is 3. The molecule has 9 heteroatoms. The molecule has 0 unspecified atom stereocenters. The fourth-order valence-corrected chi connectivity index (χ4v) is 2.36. The fraction of sp³-hybridized carbons (Fsp3) is 0.167. The van der Waals surface area contributed by atoms with Crippen LogP contribution in [-0.2, 0) is 9.59 Å². The number of anilines is 1. The van der Waals surface area contributed by atoms with Crippen LogP contribution in [0.2, 0.25) is 5.02 Å². The molecule has 142 valence electrons. The van der Waals surface area contributed by atoms with E-state index in [1.807, 2.05) is 0 Å². The lowest BCUT2D eigenvalue weighted by molar-refractivity contribution is -0.136. The van der Waals surface area contributed by atoms with Crippen molar-refractivity contribution < 1.29 is 23.8 Å². The van der Waals surface area contributed by atoms with Gasteiger partial charge in [0.1, 0.15) is 0 Å². The van der Waals surface area contributed by atoms with Crippen LogP contribution in [-0.4, -0.2) is 39.4 Å². The zero-order valence-corrected chi connectivity index (χ0v) is 15.7. The van der Waals surface area contributed by atoms with Gasteiger partial charge in [-0.1, -0.05) is 23.7 Å². The quantitative estimate of drug-likeness (QED) is 0.447. The van der Waals surface area contributed by atoms with Crippen molar-refractivity contribution in [1.82, 2.24) is 5.43 Å². The minimum atomic E-state index is -0.953. The molecule has 2 N–H and O–H groups in total. The van der Waals surface area contributed by atoms with E-state index in [0.29, 0.717) is 33.5 Å². The van der Waals surface area contributed by atoms with E-state index in [2.05, 4.69) is 15.8 Å². The Labute approximate surface area is 161 Å². The number of rotatable bonds is 6. The molecule has 8 nitrogen and oxygen atoms in total. The molecule has 2 aromatic rings. The summed E-state index contributed by atoms with van der Waals surface area (Å²) < 4.78 is 15.8. The Balaban J connectivity index is 2.07. The van der Waals surface area contributed by atoms with Crippen LogP contribution in [0.1, 0.15) is 5.56 Å². The lowest BCUT2D eigenvalue weighted by Crippen LogP contribution is -2.32. The number of carbonyl (C=O) groups excluding carboxylic acids is 2. The number of carbonyl (C=O) groups is 2. The van der Waals surface area contributed by atoms with Crippen molar-refractivity contribution in [2.75, 3.05) is 26.6 Å². The van der Waals surface area contributed by atoms with Crippen molar-refractivity contribution in [2.45, 2.75) is 0 Å². The van der Waals surface area contributed by atoms with E-state index in [9.17, 15) is 9.59 Å². The molecule has 0 saturated carbocycles. The van der Waals surface area contributed by atoms with Crippen molar-refractivity contribution in [2.24, 2.45) is 5.10 Å². The number of nitrogens with zero attached hydrogens (tertiary/aromatic N) is 1. The molecule has 2 rings (SSSR count). The predicted octanol–water partition coefficient (Wildman–Crippen LogP) is 2.45. The van der Waals surface area contributed by atoms with E-state index in [0.717, 1.165) is 0 Å². The lowest BCUT2D eigenvalue weighted by atomic mass is 10.2. The lowest BCUT2D eigenvalue weighted by Gasteiger charge is -2.13. The van der Waals surface area contributed by atoms with Gasteiger partial charge in [0.05, 0.1) is 38.3 Å². The van der Waals surface area contributed by atoms with E-state index < -0.39 is 11.8 Å². The summed E-state index contributed by atoms with van der Waals surface area (Å²) in [4.78, 5) is 23.8. The summed E-state index contributed by atoms with van der Waals surface area (Å²) in [6.45, 7) is 0. The highest BCUT2D eigenvalue weighted by Crippen LogP contribution is 2.38. The van der Waals surface area contributed by atoms with Crippen LogP contribution in [0.25, 0.3) is 0 Å². The van der Waals surface area contributed by atoms with E-state index in [1.54, 1.807) is 36.4 Å². The molecule has 0 radical (unpaired) electrons. The summed E-state index contributed by atoms with van der Waals surface area (Å²) in [6, 6.07) is 9.88. The average molecular weight is 392 g/mol. The van der Waals surface area contributed by atoms with Crippen molar-refractivity contribution in [3.05, 3.63) is 47.0 Å². The van der Waals surface area contributed by atoms with Crippen LogP contribution in [0.3, 0.4) is 0 Å². The van der Waals surface area contributed by atoms with Crippen LogP contribution in [0.15, 0.2) is 41.5 Å². The minimum Gasteiger partial charge on any atom is -0.493 e. The fourth-order valence-electron chi connectivity index (χ4n) is 2.18. The molecule has 0 aliphatic heterocycles. The summed E-state index contributed by atoms with van der Waals surface area (Å²) >= 11 is 5.93. The summed E-state index contributed by atoms with van der Waals surface area (Å²) in [5, 5.41) is 6.48. The van der Waals surface area contributed by atoms with Crippen molar-refractivity contribution in [1.29, 1.82) is 0 Å². The van der Waals surface area contributed by atoms with Gasteiger partial charge in [0.15, 0.2) is 11.5 Å². The molecular weight excluding hydrogens is 374 g/mol. The predicted molar refractivity (Wildman–Crippen MR) is 102 cm³/mol. The van der Waals surface area contributed by atoms with E-state index in [1.165, 1.54) is 27.5 Å². The Morgan fingerprint density at radius 1 is 0.963 bits per heavy atom. The van der Waals surface area contributed by atoms with Gasteiger partial charge in [-0.15, -0.1) is 0 Å². The number of hydrogen-bond acceptors (Lipinski definition) is 6. The maximum Gasteiger partial charge on any atom is 0.329 e. The highest BCUT2D eigenvalue weighted by atomic mass is 35.5. The molecule has 0 atom stereocenters. The number of hydrogen-bond donors (Lipinski definition) is 2. The zero-order chi connectivity index (χ0) is 19.8. The van der Waals surface area contributed by atoms with Gasteiger partial charge >= 0.3 is 11.8 Å². The van der Waals surface area contributed by atoms with E-state index in [4.69, 9.17) is 25.8 Å². The highest BCUT2D eigenvalue weighted by Gasteiger charge is 2.16. The molecule has 27 heavy (non-hydrogen) atoms. The van der Waals surface area contributed by atoms with Crippen LogP contribution in [0.4, 0.5) is 5.69 Å². The van der Waals surface area contributed by atoms with Gasteiger partial charge in [0.2, 0.25) is 5.75 Å². The zero-order valence-electron chi connectivity index (χ0n) is 14.9. The van der Waals surface area contributed by atoms with Crippen LogP contribution in [0.5, 0.6) is 17.2 Å². The van der Waals surface area contributed by atoms with Crippen LogP contribution < -0.4 is 25.0 Å². The smallest absolute Gasteiger partial charge is 0.329 e. The molecular formula is C18H18ClN3O5. The van der Waals surface area contributed by atoms with Gasteiger partial charge in [-0.25, -0.2) is 5.43 Å². The van der Waals surface area contributed by atoms with Crippen LogP contribution in [0, 0.1) is 0 Å². The number of benzene rings is 2. The number of halogens is 1. The second-order valence-electron chi connectivity index (χ2n) is 5.06. The Hall–Kier alpha value is -3.26. The number of para-hydroxylation sites is 1. The maximum atomic E-state index is 11.9. The number of hydrazone groups is 1. The molecule has 2 amide bonds. The average Bonchev–Trinajstić information content (AvgIpc) is 2.68. The van der Waals surface area contributed by atoms with Gasteiger partial charge in [-0.05, 0) is 24.3 Å². The Kier molecular flexibility index (Phi) is 7.01. The Morgan fingerprint density at radius 3 is 2.30 bits per heavy atom. The molecule has 0 aromatic heterocycles. The number of amides is 2. The normalized spacial score (nSPS) is 10.4. The minimum absolute atomic E-state index is 0.317. The molecule has 0 aliphatic rings. The van der Waals surface area contributed by atoms with Crippen molar-refractivity contribution in [3.8, 4) is 17.2 Å². The van der Waals surface area contributed by atoms with Gasteiger partial charge in [-0.2, -0.15) is 5.10 Å². The van der Waals surface area contributed by atoms with Gasteiger partial charge in [0.25, 0.3) is 0 Å². The van der Waals surface area contributed by atoms with Gasteiger partial charge in [-0.3, -0.25) is 9.59 Å². The third-order valence-electron chi connectivity index (χ3n) is 3.43. The molecule has 0 saturated heterocycles. The summed E-state index contributed by atoms with van der Waals surface area (Å²) in [6.07, 6.45) is 1.32. The third kappa shape index (κ3) is 4.89. The second-order valence-corrected chi connectivity index (χ2v) is 5.46. The Bertz CT molecular complexity index is 870. The first-order valence-electron chi connectivity index (χ1n) is 7.69. The monoisotopic (exact) mass is 391 g/mol.